The molecule has 2 N–H and O–H groups in total. The summed E-state index contributed by atoms with van der Waals surface area (Å²) in [6.07, 6.45) is 1.75. The Balaban J connectivity index is 2.44. The van der Waals surface area contributed by atoms with Crippen LogP contribution in [-0.4, -0.2) is 9.55 Å². The lowest BCUT2D eigenvalue weighted by molar-refractivity contribution is 0.730. The van der Waals surface area contributed by atoms with Gasteiger partial charge in [0.05, 0.1) is 12.2 Å². The molecule has 5 heteroatoms. The van der Waals surface area contributed by atoms with Gasteiger partial charge >= 0.3 is 4.87 Å². The van der Waals surface area contributed by atoms with Crippen LogP contribution in [0.2, 0.25) is 0 Å². The molecular weight excluding hydrogens is 234 g/mol. The lowest BCUT2D eigenvalue weighted by Crippen LogP contribution is -2.17. The smallest absolute Gasteiger partial charge is 0.307 e. The molecule has 0 bridgehead atoms. The molecule has 0 atom stereocenters. The third-order valence-corrected chi connectivity index (χ3v) is 3.84. The van der Waals surface area contributed by atoms with E-state index in [0.29, 0.717) is 6.54 Å². The first-order chi connectivity index (χ1) is 8.00. The van der Waals surface area contributed by atoms with Crippen molar-refractivity contribution in [3.63, 3.8) is 0 Å². The van der Waals surface area contributed by atoms with Crippen LogP contribution in [0.15, 0.2) is 16.4 Å². The number of thiazole rings is 1. The van der Waals surface area contributed by atoms with Gasteiger partial charge in [0.2, 0.25) is 0 Å². The van der Waals surface area contributed by atoms with Crippen LogP contribution in [0, 0.1) is 20.8 Å². The van der Waals surface area contributed by atoms with E-state index < -0.39 is 0 Å². The number of aromatic nitrogens is 2. The van der Waals surface area contributed by atoms with Crippen molar-refractivity contribution in [3.8, 4) is 0 Å². The van der Waals surface area contributed by atoms with Crippen LogP contribution in [0.4, 0.5) is 5.69 Å². The summed E-state index contributed by atoms with van der Waals surface area (Å²) in [6.45, 7) is 6.29. The van der Waals surface area contributed by atoms with E-state index in [-0.39, 0.29) is 4.87 Å². The third kappa shape index (κ3) is 2.10. The van der Waals surface area contributed by atoms with Gasteiger partial charge < -0.3 is 5.73 Å². The fourth-order valence-electron chi connectivity index (χ4n) is 1.70. The Morgan fingerprint density at radius 2 is 2.12 bits per heavy atom. The van der Waals surface area contributed by atoms with Crippen molar-refractivity contribution in [2.45, 2.75) is 27.3 Å². The molecular formula is C12H15N3OS. The molecule has 0 spiro atoms. The number of hydrogen-bond donors (Lipinski definition) is 1. The second kappa shape index (κ2) is 4.33. The van der Waals surface area contributed by atoms with Crippen molar-refractivity contribution >= 4 is 17.0 Å². The summed E-state index contributed by atoms with van der Waals surface area (Å²) in [7, 11) is 0. The van der Waals surface area contributed by atoms with Gasteiger partial charge in [0.15, 0.2) is 0 Å². The molecule has 0 aliphatic carbocycles. The molecule has 4 nitrogen and oxygen atoms in total. The van der Waals surface area contributed by atoms with Gasteiger partial charge in [0.25, 0.3) is 0 Å². The first-order valence-corrected chi connectivity index (χ1v) is 6.24. The molecule has 90 valence electrons. The minimum absolute atomic E-state index is 0.0443. The highest BCUT2D eigenvalue weighted by Crippen LogP contribution is 2.18. The average Bonchev–Trinajstić information content (AvgIpc) is 2.61. The van der Waals surface area contributed by atoms with Crippen molar-refractivity contribution in [3.05, 3.63) is 43.8 Å². The fourth-order valence-corrected chi connectivity index (χ4v) is 2.43. The predicted molar refractivity (Wildman–Crippen MR) is 70.5 cm³/mol. The predicted octanol–water partition coefficient (Wildman–Crippen LogP) is 1.86. The highest BCUT2D eigenvalue weighted by Gasteiger charge is 2.09. The Morgan fingerprint density at radius 1 is 1.41 bits per heavy atom. The van der Waals surface area contributed by atoms with Gasteiger partial charge in [-0.15, -0.1) is 0 Å². The minimum atomic E-state index is 0.0443. The molecule has 0 aliphatic heterocycles. The summed E-state index contributed by atoms with van der Waals surface area (Å²) in [5, 5.41) is 1.86. The van der Waals surface area contributed by atoms with Crippen molar-refractivity contribution in [1.29, 1.82) is 0 Å². The number of aryl methyl sites for hydroxylation is 2. The van der Waals surface area contributed by atoms with Crippen molar-refractivity contribution < 1.29 is 0 Å². The monoisotopic (exact) mass is 249 g/mol. The summed E-state index contributed by atoms with van der Waals surface area (Å²) >= 11 is 1.21. The number of nitrogens with zero attached hydrogens (tertiary/aromatic N) is 2. The first-order valence-electron chi connectivity index (χ1n) is 5.36. The average molecular weight is 249 g/mol. The maximum atomic E-state index is 11.6. The minimum Gasteiger partial charge on any atom is -0.398 e. The van der Waals surface area contributed by atoms with E-state index in [4.69, 9.17) is 5.73 Å². The Kier molecular flexibility index (Phi) is 3.02. The SMILES string of the molecule is Cc1cnc(Cn2c(C)csc2=O)c(C)c1N. The normalized spacial score (nSPS) is 10.8. The van der Waals surface area contributed by atoms with Crippen LogP contribution in [-0.2, 0) is 6.54 Å². The van der Waals surface area contributed by atoms with Gasteiger partial charge in [0, 0.05) is 23.0 Å². The zero-order chi connectivity index (χ0) is 12.6. The van der Waals surface area contributed by atoms with Crippen molar-refractivity contribution in [2.75, 3.05) is 5.73 Å². The van der Waals surface area contributed by atoms with Crippen LogP contribution in [0.25, 0.3) is 0 Å². The zero-order valence-electron chi connectivity index (χ0n) is 10.2. The molecule has 2 aromatic rings. The number of anilines is 1. The standard InChI is InChI=1S/C12H15N3OS/c1-7-4-14-10(9(3)11(7)13)5-15-8(2)6-17-12(15)16/h4,6H,5H2,1-3H3,(H2,13,14). The van der Waals surface area contributed by atoms with E-state index in [1.807, 2.05) is 26.2 Å². The van der Waals surface area contributed by atoms with Crippen LogP contribution < -0.4 is 10.6 Å². The summed E-state index contributed by atoms with van der Waals surface area (Å²) in [6, 6.07) is 0. The topological polar surface area (TPSA) is 60.9 Å². The third-order valence-electron chi connectivity index (χ3n) is 2.96. The number of nitrogens with two attached hydrogens (primary N) is 1. The van der Waals surface area contributed by atoms with E-state index >= 15 is 0 Å². The Bertz CT molecular complexity index is 613. The van der Waals surface area contributed by atoms with Crippen molar-refractivity contribution in [1.82, 2.24) is 9.55 Å². The van der Waals surface area contributed by atoms with E-state index in [9.17, 15) is 4.79 Å². The molecule has 0 aliphatic rings. The Morgan fingerprint density at radius 3 is 2.71 bits per heavy atom. The van der Waals surface area contributed by atoms with Gasteiger partial charge in [0.1, 0.15) is 0 Å². The number of hydrogen-bond acceptors (Lipinski definition) is 4. The van der Waals surface area contributed by atoms with Crippen LogP contribution in [0.5, 0.6) is 0 Å². The highest BCUT2D eigenvalue weighted by atomic mass is 32.1. The number of pyridine rings is 1. The second-order valence-corrected chi connectivity index (χ2v) is 4.98. The summed E-state index contributed by atoms with van der Waals surface area (Å²) < 4.78 is 1.72. The first kappa shape index (κ1) is 11.9. The fraction of sp³-hybridized carbons (Fsp3) is 0.333. The number of nitrogen functional groups attached to an aromatic ring is 1. The summed E-state index contributed by atoms with van der Waals surface area (Å²) in [5.74, 6) is 0. The van der Waals surface area contributed by atoms with Crippen LogP contribution >= 0.6 is 11.3 Å². The summed E-state index contributed by atoms with van der Waals surface area (Å²) in [4.78, 5) is 16.0. The molecule has 2 aromatic heterocycles. The highest BCUT2D eigenvalue weighted by molar-refractivity contribution is 7.07. The van der Waals surface area contributed by atoms with E-state index in [1.54, 1.807) is 10.8 Å². The van der Waals surface area contributed by atoms with Gasteiger partial charge in [-0.2, -0.15) is 0 Å². The Labute approximate surface area is 104 Å². The molecule has 0 fully saturated rings. The van der Waals surface area contributed by atoms with Gasteiger partial charge in [-0.1, -0.05) is 11.3 Å². The maximum Gasteiger partial charge on any atom is 0.307 e. The van der Waals surface area contributed by atoms with Crippen molar-refractivity contribution in [2.24, 2.45) is 0 Å². The number of rotatable bonds is 2. The molecule has 0 aromatic carbocycles. The van der Waals surface area contributed by atoms with Crippen LogP contribution in [0.1, 0.15) is 22.5 Å². The summed E-state index contributed by atoms with van der Waals surface area (Å²) in [5.41, 5.74) is 10.5. The van der Waals surface area contributed by atoms with Gasteiger partial charge in [-0.25, -0.2) is 0 Å². The Hall–Kier alpha value is -1.62. The molecule has 0 saturated heterocycles. The molecule has 0 radical (unpaired) electrons. The quantitative estimate of drug-likeness (QED) is 0.883. The van der Waals surface area contributed by atoms with E-state index in [2.05, 4.69) is 4.98 Å². The molecule has 17 heavy (non-hydrogen) atoms. The second-order valence-electron chi connectivity index (χ2n) is 4.16. The largest absolute Gasteiger partial charge is 0.398 e. The molecule has 0 amide bonds. The van der Waals surface area contributed by atoms with Gasteiger partial charge in [-0.3, -0.25) is 14.3 Å². The van der Waals surface area contributed by atoms with E-state index in [0.717, 1.165) is 28.2 Å². The lowest BCUT2D eigenvalue weighted by atomic mass is 10.1. The lowest BCUT2D eigenvalue weighted by Gasteiger charge is -2.10. The zero-order valence-corrected chi connectivity index (χ0v) is 11.0. The van der Waals surface area contributed by atoms with E-state index in [1.165, 1.54) is 11.3 Å². The maximum absolute atomic E-state index is 11.6. The van der Waals surface area contributed by atoms with Crippen LogP contribution in [0.3, 0.4) is 0 Å². The molecule has 0 saturated carbocycles. The molecule has 2 heterocycles. The molecule has 0 unspecified atom stereocenters. The molecule has 2 rings (SSSR count). The van der Waals surface area contributed by atoms with Gasteiger partial charge in [-0.05, 0) is 31.9 Å².